The molecule has 0 aliphatic carbocycles. The number of hydrogen-bond acceptors (Lipinski definition) is 1. The second-order valence-electron chi connectivity index (χ2n) is 3.63. The summed E-state index contributed by atoms with van der Waals surface area (Å²) >= 11 is 5.52. The highest BCUT2D eigenvalue weighted by Gasteiger charge is 2.05. The van der Waals surface area contributed by atoms with Crippen LogP contribution in [0, 0.1) is 0 Å². The van der Waals surface area contributed by atoms with E-state index < -0.39 is 0 Å². The van der Waals surface area contributed by atoms with Crippen LogP contribution in [-0.2, 0) is 0 Å². The summed E-state index contributed by atoms with van der Waals surface area (Å²) < 4.78 is 5.66. The highest BCUT2D eigenvalue weighted by molar-refractivity contribution is 6.18. The molecule has 1 rings (SSSR count). The number of halogens is 1. The van der Waals surface area contributed by atoms with Crippen molar-refractivity contribution in [3.63, 3.8) is 0 Å². The van der Waals surface area contributed by atoms with Crippen LogP contribution in [0.1, 0.15) is 25.3 Å². The zero-order chi connectivity index (χ0) is 11.1. The summed E-state index contributed by atoms with van der Waals surface area (Å²) in [4.78, 5) is 0. The topological polar surface area (TPSA) is 9.23 Å². The zero-order valence-corrected chi connectivity index (χ0v) is 10.00. The fourth-order valence-electron chi connectivity index (χ4n) is 1.36. The molecule has 0 bridgehead atoms. The lowest BCUT2D eigenvalue weighted by Crippen LogP contribution is -1.98. The van der Waals surface area contributed by atoms with Gasteiger partial charge in [0.15, 0.2) is 0 Å². The average molecular weight is 225 g/mol. The third-order valence-electron chi connectivity index (χ3n) is 2.13. The number of para-hydroxylation sites is 1. The molecule has 1 aromatic carbocycles. The van der Waals surface area contributed by atoms with E-state index in [-0.39, 0.29) is 0 Å². The highest BCUT2D eigenvalue weighted by atomic mass is 35.5. The van der Waals surface area contributed by atoms with E-state index >= 15 is 0 Å². The van der Waals surface area contributed by atoms with Crippen LogP contribution < -0.4 is 4.74 Å². The molecule has 0 unspecified atom stereocenters. The molecule has 82 valence electrons. The molecule has 0 fully saturated rings. The third kappa shape index (κ3) is 3.96. The predicted molar refractivity (Wildman–Crippen MR) is 65.9 cm³/mol. The first kappa shape index (κ1) is 12.1. The number of benzene rings is 1. The molecule has 1 nitrogen and oxygen atoms in total. The lowest BCUT2D eigenvalue weighted by atomic mass is 10.0. The van der Waals surface area contributed by atoms with Gasteiger partial charge in [0.05, 0.1) is 0 Å². The number of rotatable bonds is 5. The molecule has 1 aromatic rings. The third-order valence-corrected chi connectivity index (χ3v) is 2.31. The Morgan fingerprint density at radius 3 is 2.67 bits per heavy atom. The Morgan fingerprint density at radius 2 is 2.00 bits per heavy atom. The second-order valence-corrected chi connectivity index (χ2v) is 3.94. The van der Waals surface area contributed by atoms with Crippen LogP contribution >= 0.6 is 11.6 Å². The van der Waals surface area contributed by atoms with E-state index in [1.807, 2.05) is 30.4 Å². The van der Waals surface area contributed by atoms with Gasteiger partial charge in [-0.05, 0) is 17.5 Å². The van der Waals surface area contributed by atoms with Crippen molar-refractivity contribution >= 4 is 11.6 Å². The first-order valence-corrected chi connectivity index (χ1v) is 5.72. The molecule has 0 aliphatic heterocycles. The van der Waals surface area contributed by atoms with E-state index in [1.165, 1.54) is 5.56 Å². The van der Waals surface area contributed by atoms with Crippen molar-refractivity contribution in [3.8, 4) is 5.75 Å². The minimum Gasteiger partial charge on any atom is -0.489 e. The molecule has 0 saturated heterocycles. The summed E-state index contributed by atoms with van der Waals surface area (Å²) in [5.74, 6) is 1.99. The summed E-state index contributed by atoms with van der Waals surface area (Å²) in [7, 11) is 0. The van der Waals surface area contributed by atoms with Crippen LogP contribution in [0.3, 0.4) is 0 Å². The number of ether oxygens (including phenoxy) is 1. The van der Waals surface area contributed by atoms with Crippen molar-refractivity contribution in [3.05, 3.63) is 42.0 Å². The lowest BCUT2D eigenvalue weighted by molar-refractivity contribution is 0.357. The Morgan fingerprint density at radius 1 is 1.27 bits per heavy atom. The standard InChI is InChI=1S/C13H17ClO/c1-11(2)12-7-3-4-8-13(12)15-10-6-5-9-14/h3-8,11H,9-10H2,1-2H3. The van der Waals surface area contributed by atoms with Crippen molar-refractivity contribution in [1.29, 1.82) is 0 Å². The Bertz CT molecular complexity index is 318. The summed E-state index contributed by atoms with van der Waals surface area (Å²) in [5, 5.41) is 0. The van der Waals surface area contributed by atoms with Crippen LogP contribution in [0.4, 0.5) is 0 Å². The van der Waals surface area contributed by atoms with Crippen molar-refractivity contribution in [2.45, 2.75) is 19.8 Å². The van der Waals surface area contributed by atoms with Crippen molar-refractivity contribution in [2.24, 2.45) is 0 Å². The smallest absolute Gasteiger partial charge is 0.123 e. The molecule has 0 heterocycles. The van der Waals surface area contributed by atoms with Gasteiger partial charge in [-0.15, -0.1) is 11.6 Å². The SMILES string of the molecule is CC(C)c1ccccc1OCC=CCCl. The summed E-state index contributed by atoms with van der Waals surface area (Å²) in [5.41, 5.74) is 1.25. The lowest BCUT2D eigenvalue weighted by Gasteiger charge is -2.12. The maximum absolute atomic E-state index is 5.66. The minimum absolute atomic E-state index is 0.484. The van der Waals surface area contributed by atoms with Gasteiger partial charge in [-0.2, -0.15) is 0 Å². The molecule has 0 saturated carbocycles. The van der Waals surface area contributed by atoms with Gasteiger partial charge < -0.3 is 4.74 Å². The van der Waals surface area contributed by atoms with E-state index in [4.69, 9.17) is 16.3 Å². The van der Waals surface area contributed by atoms with Crippen molar-refractivity contribution in [1.82, 2.24) is 0 Å². The number of alkyl halides is 1. The van der Waals surface area contributed by atoms with Gasteiger partial charge in [0.1, 0.15) is 12.4 Å². The molecular formula is C13H17ClO. The maximum atomic E-state index is 5.66. The Balaban J connectivity index is 2.63. The second kappa shape index (κ2) is 6.52. The summed E-state index contributed by atoms with van der Waals surface area (Å²) in [6.45, 7) is 4.91. The Labute approximate surface area is 96.7 Å². The van der Waals surface area contributed by atoms with Crippen molar-refractivity contribution in [2.75, 3.05) is 12.5 Å². The molecule has 0 aromatic heterocycles. The minimum atomic E-state index is 0.484. The predicted octanol–water partition coefficient (Wildman–Crippen LogP) is 3.98. The molecule has 15 heavy (non-hydrogen) atoms. The largest absolute Gasteiger partial charge is 0.489 e. The molecule has 0 radical (unpaired) electrons. The first-order chi connectivity index (χ1) is 7.25. The quantitative estimate of drug-likeness (QED) is 0.543. The Kier molecular flexibility index (Phi) is 5.27. The first-order valence-electron chi connectivity index (χ1n) is 5.18. The van der Waals surface area contributed by atoms with E-state index in [9.17, 15) is 0 Å². The van der Waals surface area contributed by atoms with Crippen LogP contribution in [0.2, 0.25) is 0 Å². The van der Waals surface area contributed by atoms with E-state index in [2.05, 4.69) is 19.9 Å². The fourth-order valence-corrected chi connectivity index (χ4v) is 1.48. The molecule has 0 aliphatic rings. The molecule has 0 spiro atoms. The van der Waals surface area contributed by atoms with E-state index in [0.29, 0.717) is 18.4 Å². The summed E-state index contributed by atoms with van der Waals surface area (Å²) in [6, 6.07) is 8.14. The van der Waals surface area contributed by atoms with Gasteiger partial charge in [0.25, 0.3) is 0 Å². The van der Waals surface area contributed by atoms with Crippen LogP contribution in [0.15, 0.2) is 36.4 Å². The van der Waals surface area contributed by atoms with Crippen molar-refractivity contribution < 1.29 is 4.74 Å². The highest BCUT2D eigenvalue weighted by Crippen LogP contribution is 2.25. The van der Waals surface area contributed by atoms with E-state index in [0.717, 1.165) is 5.75 Å². The van der Waals surface area contributed by atoms with Gasteiger partial charge in [-0.25, -0.2) is 0 Å². The molecule has 0 N–H and O–H groups in total. The van der Waals surface area contributed by atoms with Crippen LogP contribution in [0.25, 0.3) is 0 Å². The fraction of sp³-hybridized carbons (Fsp3) is 0.385. The van der Waals surface area contributed by atoms with Gasteiger partial charge in [0.2, 0.25) is 0 Å². The van der Waals surface area contributed by atoms with Gasteiger partial charge in [-0.3, -0.25) is 0 Å². The molecule has 2 heteroatoms. The van der Waals surface area contributed by atoms with E-state index in [1.54, 1.807) is 0 Å². The monoisotopic (exact) mass is 224 g/mol. The molecular weight excluding hydrogens is 208 g/mol. The number of allylic oxidation sites excluding steroid dienone is 1. The number of hydrogen-bond donors (Lipinski definition) is 0. The summed E-state index contributed by atoms with van der Waals surface area (Å²) in [6.07, 6.45) is 3.82. The van der Waals surface area contributed by atoms with Crippen LogP contribution in [0.5, 0.6) is 5.75 Å². The zero-order valence-electron chi connectivity index (χ0n) is 9.24. The van der Waals surface area contributed by atoms with Gasteiger partial charge in [-0.1, -0.05) is 44.2 Å². The normalized spacial score (nSPS) is 11.2. The molecule has 0 amide bonds. The maximum Gasteiger partial charge on any atom is 0.123 e. The average Bonchev–Trinajstić information content (AvgIpc) is 2.25. The Hall–Kier alpha value is -0.950. The van der Waals surface area contributed by atoms with Gasteiger partial charge in [0, 0.05) is 5.88 Å². The van der Waals surface area contributed by atoms with Gasteiger partial charge >= 0.3 is 0 Å². The van der Waals surface area contributed by atoms with Crippen LogP contribution in [-0.4, -0.2) is 12.5 Å². The molecule has 0 atom stereocenters.